The highest BCUT2D eigenvalue weighted by molar-refractivity contribution is 7.98. The quantitative estimate of drug-likeness (QED) is 0.0201. The van der Waals surface area contributed by atoms with E-state index in [9.17, 15) is 25.1 Å². The van der Waals surface area contributed by atoms with Gasteiger partial charge in [-0.05, 0) is 122 Å². The van der Waals surface area contributed by atoms with Gasteiger partial charge in [-0.2, -0.15) is 0 Å². The smallest absolute Gasteiger partial charge is 0.410 e. The molecule has 0 spiro atoms. The molecule has 388 valence electrons. The van der Waals surface area contributed by atoms with Crippen LogP contribution in [0.2, 0.25) is 0 Å². The topological polar surface area (TPSA) is 162 Å². The number of non-ortho nitro benzene ring substituents is 1. The van der Waals surface area contributed by atoms with Gasteiger partial charge in [0.1, 0.15) is 29.9 Å². The standard InChI is InChI=1S/C57H79N3O10S/c1-5-8-9-10-11-12-13-14-15-20-37-66-56(63)59(33-6-2)53-40-51(58-68-41-42-23-25-44(26-24-42)60(64)65)49-38-43(21-16-18-34-61)48(22-17-19-35-62)54-50-39-46(69-45-27-30-47(71-4)31-28-45)29-32-52(50)70-57(53,55(49)54)67-36-7-3/h7,23-32,38-39,43,48,53-55,61-62H,3,5-6,8-22,33-37,40-41H2,1-2,4H3. The molecule has 0 radical (unpaired) electrons. The fraction of sp³-hybridized carbons (Fsp3) is 0.579. The van der Waals surface area contributed by atoms with E-state index in [4.69, 9.17) is 28.9 Å². The second-order valence-corrected chi connectivity index (χ2v) is 20.1. The molecule has 2 aliphatic carbocycles. The molecular formula is C57H79N3O10S. The van der Waals surface area contributed by atoms with E-state index in [2.05, 4.69) is 25.6 Å². The maximum absolute atomic E-state index is 14.7. The van der Waals surface area contributed by atoms with Crippen LogP contribution in [0.4, 0.5) is 10.5 Å². The minimum absolute atomic E-state index is 0.0130. The van der Waals surface area contributed by atoms with Gasteiger partial charge in [0.15, 0.2) is 0 Å². The number of hydrogen-bond donors (Lipinski definition) is 2. The first-order chi connectivity index (χ1) is 34.7. The lowest BCUT2D eigenvalue weighted by molar-refractivity contribution is -0.384. The summed E-state index contributed by atoms with van der Waals surface area (Å²) in [5.41, 5.74) is 3.22. The molecule has 3 aliphatic rings. The number of nitro groups is 1. The molecule has 6 rings (SSSR count). The number of hydrogen-bond acceptors (Lipinski definition) is 12. The molecule has 6 atom stereocenters. The molecule has 13 nitrogen and oxygen atoms in total. The molecule has 2 N–H and O–H groups in total. The maximum Gasteiger partial charge on any atom is 0.410 e. The van der Waals surface area contributed by atoms with Crippen molar-refractivity contribution < 1.29 is 43.7 Å². The van der Waals surface area contributed by atoms with E-state index in [0.29, 0.717) is 60.9 Å². The number of nitro benzene ring substituents is 1. The van der Waals surface area contributed by atoms with Gasteiger partial charge in [-0.3, -0.25) is 15.0 Å². The molecule has 1 saturated carbocycles. The predicted octanol–water partition coefficient (Wildman–Crippen LogP) is 13.7. The van der Waals surface area contributed by atoms with Crippen LogP contribution < -0.4 is 9.47 Å². The summed E-state index contributed by atoms with van der Waals surface area (Å²) in [4.78, 5) is 34.9. The molecule has 3 aromatic rings. The lowest BCUT2D eigenvalue weighted by Crippen LogP contribution is -2.70. The highest BCUT2D eigenvalue weighted by Crippen LogP contribution is 2.62. The van der Waals surface area contributed by atoms with Crippen molar-refractivity contribution >= 4 is 29.3 Å². The van der Waals surface area contributed by atoms with Crippen LogP contribution in [0.1, 0.15) is 146 Å². The highest BCUT2D eigenvalue weighted by Gasteiger charge is 2.65. The first-order valence-electron chi connectivity index (χ1n) is 26.4. The average molecular weight is 998 g/mol. The van der Waals surface area contributed by atoms with Crippen molar-refractivity contribution in [3.05, 3.63) is 112 Å². The van der Waals surface area contributed by atoms with Crippen LogP contribution in [0.15, 0.2) is 101 Å². The van der Waals surface area contributed by atoms with Crippen molar-refractivity contribution in [1.29, 1.82) is 0 Å². The lowest BCUT2D eigenvalue weighted by Gasteiger charge is -2.59. The number of aliphatic hydroxyl groups is 2. The second-order valence-electron chi connectivity index (χ2n) is 19.2. The normalized spacial score (nSPS) is 21.6. The van der Waals surface area contributed by atoms with E-state index in [0.717, 1.165) is 61.0 Å². The van der Waals surface area contributed by atoms with E-state index in [-0.39, 0.29) is 56.3 Å². The van der Waals surface area contributed by atoms with Crippen LogP contribution in [-0.2, 0) is 20.9 Å². The van der Waals surface area contributed by atoms with E-state index in [1.807, 2.05) is 49.6 Å². The van der Waals surface area contributed by atoms with Crippen LogP contribution in [0.3, 0.4) is 0 Å². The molecule has 3 aromatic carbocycles. The minimum Gasteiger partial charge on any atom is -0.459 e. The lowest BCUT2D eigenvalue weighted by atomic mass is 9.55. The van der Waals surface area contributed by atoms with E-state index < -0.39 is 28.8 Å². The van der Waals surface area contributed by atoms with Gasteiger partial charge in [-0.15, -0.1) is 18.3 Å². The number of allylic oxidation sites excluding steroid dienone is 1. The van der Waals surface area contributed by atoms with Gasteiger partial charge in [-0.1, -0.05) is 102 Å². The number of carbonyl (C=O) groups excluding carboxylic acids is 1. The fourth-order valence-corrected chi connectivity index (χ4v) is 11.2. The van der Waals surface area contributed by atoms with Crippen molar-refractivity contribution in [1.82, 2.24) is 4.90 Å². The van der Waals surface area contributed by atoms with Crippen LogP contribution in [0.25, 0.3) is 0 Å². The average Bonchev–Trinajstić information content (AvgIpc) is 3.38. The Balaban J connectivity index is 1.43. The summed E-state index contributed by atoms with van der Waals surface area (Å²) in [6, 6.07) is 19.5. The third-order valence-corrected chi connectivity index (χ3v) is 15.0. The number of thioether (sulfide) groups is 1. The number of amides is 1. The Morgan fingerprint density at radius 3 is 2.21 bits per heavy atom. The number of ether oxygens (including phenoxy) is 4. The molecule has 0 bridgehead atoms. The zero-order valence-corrected chi connectivity index (χ0v) is 43.3. The van der Waals surface area contributed by atoms with Crippen molar-refractivity contribution in [2.24, 2.45) is 22.9 Å². The Kier molecular flexibility index (Phi) is 22.6. The van der Waals surface area contributed by atoms with Gasteiger partial charge >= 0.3 is 6.09 Å². The molecular weight excluding hydrogens is 919 g/mol. The summed E-state index contributed by atoms with van der Waals surface area (Å²) in [5, 5.41) is 36.4. The van der Waals surface area contributed by atoms with Gasteiger partial charge in [-0.25, -0.2) is 4.79 Å². The summed E-state index contributed by atoms with van der Waals surface area (Å²) in [7, 11) is 0. The Morgan fingerprint density at radius 2 is 1.56 bits per heavy atom. The van der Waals surface area contributed by atoms with Crippen molar-refractivity contribution in [3.8, 4) is 17.2 Å². The third-order valence-electron chi connectivity index (χ3n) is 14.3. The second kappa shape index (κ2) is 29.0. The van der Waals surface area contributed by atoms with Crippen LogP contribution in [-0.4, -0.2) is 82.9 Å². The molecule has 14 heteroatoms. The van der Waals surface area contributed by atoms with E-state index in [1.54, 1.807) is 34.9 Å². The number of oxime groups is 1. The van der Waals surface area contributed by atoms with Crippen molar-refractivity contribution in [3.63, 3.8) is 0 Å². The van der Waals surface area contributed by atoms with Crippen LogP contribution in [0.5, 0.6) is 17.2 Å². The monoisotopic (exact) mass is 998 g/mol. The Labute approximate surface area is 426 Å². The van der Waals surface area contributed by atoms with Crippen LogP contribution >= 0.6 is 11.8 Å². The highest BCUT2D eigenvalue weighted by atomic mass is 32.2. The number of rotatable bonds is 32. The Hall–Kier alpha value is -4.89. The van der Waals surface area contributed by atoms with Gasteiger partial charge < -0.3 is 34.0 Å². The van der Waals surface area contributed by atoms with Crippen molar-refractivity contribution in [2.75, 3.05) is 39.2 Å². The van der Waals surface area contributed by atoms with E-state index in [1.165, 1.54) is 57.1 Å². The molecule has 1 aliphatic heterocycles. The summed E-state index contributed by atoms with van der Waals surface area (Å²) >= 11 is 1.67. The van der Waals surface area contributed by atoms with Gasteiger partial charge in [0.05, 0.1) is 29.8 Å². The summed E-state index contributed by atoms with van der Waals surface area (Å²) < 4.78 is 27.3. The van der Waals surface area contributed by atoms with Crippen molar-refractivity contribution in [2.45, 2.75) is 159 Å². The molecule has 0 aromatic heterocycles. The van der Waals surface area contributed by atoms with Gasteiger partial charge in [0, 0.05) is 54.7 Å². The number of fused-ring (bicyclic) bond motifs is 2. The molecule has 0 saturated heterocycles. The summed E-state index contributed by atoms with van der Waals surface area (Å²) in [6.07, 6.45) is 22.7. The zero-order chi connectivity index (χ0) is 50.4. The number of benzene rings is 3. The zero-order valence-electron chi connectivity index (χ0n) is 42.5. The fourth-order valence-electron chi connectivity index (χ4n) is 10.8. The Bertz CT molecular complexity index is 2180. The first kappa shape index (κ1) is 55.4. The molecule has 1 fully saturated rings. The number of unbranched alkanes of at least 4 members (excludes halogenated alkanes) is 11. The third kappa shape index (κ3) is 14.9. The maximum atomic E-state index is 14.7. The van der Waals surface area contributed by atoms with E-state index >= 15 is 0 Å². The molecule has 1 amide bonds. The van der Waals surface area contributed by atoms with Gasteiger partial charge in [0.25, 0.3) is 5.69 Å². The number of carbonyl (C=O) groups is 1. The Morgan fingerprint density at radius 1 is 0.887 bits per heavy atom. The number of nitrogens with zero attached hydrogens (tertiary/aromatic N) is 3. The molecule has 1 heterocycles. The molecule has 71 heavy (non-hydrogen) atoms. The largest absolute Gasteiger partial charge is 0.459 e. The minimum atomic E-state index is -1.43. The predicted molar refractivity (Wildman–Crippen MR) is 281 cm³/mol. The molecule has 6 unspecified atom stereocenters. The van der Waals surface area contributed by atoms with Crippen LogP contribution in [0, 0.1) is 27.9 Å². The number of aliphatic hydroxyl groups excluding tert-OH is 2. The summed E-state index contributed by atoms with van der Waals surface area (Å²) in [6.45, 7) is 9.39. The SMILES string of the molecule is C=CCOC12Oc3ccc(Oc4ccc(SC)cc4)cc3C3C(CCCCO)C(CCCCO)C=C(C(=NOCc4ccc([N+](=O)[O-])cc4)CC1N(CCC)C(=O)OCCCCCCCCCCCC)C32. The first-order valence-corrected chi connectivity index (χ1v) is 27.6. The van der Waals surface area contributed by atoms with Gasteiger partial charge in [0.2, 0.25) is 5.79 Å². The summed E-state index contributed by atoms with van der Waals surface area (Å²) in [5.74, 6) is -0.105.